The molecule has 1 aromatic heterocycles. The van der Waals surface area contributed by atoms with E-state index in [2.05, 4.69) is 44.4 Å². The summed E-state index contributed by atoms with van der Waals surface area (Å²) in [5.41, 5.74) is 8.34. The Morgan fingerprint density at radius 3 is 2.71 bits per heavy atom. The average Bonchev–Trinajstić information content (AvgIpc) is 2.79. The number of aromatic nitrogens is 1. The Morgan fingerprint density at radius 1 is 1.33 bits per heavy atom. The normalized spacial score (nSPS) is 18.7. The number of carbonyl (C=O) groups is 1. The van der Waals surface area contributed by atoms with Crippen LogP contribution in [0.15, 0.2) is 12.1 Å². The Morgan fingerprint density at radius 2 is 2.05 bits per heavy atom. The van der Waals surface area contributed by atoms with E-state index in [9.17, 15) is 4.79 Å². The molecule has 2 rings (SSSR count). The van der Waals surface area contributed by atoms with E-state index in [0.29, 0.717) is 13.0 Å². The van der Waals surface area contributed by atoms with Gasteiger partial charge in [0.25, 0.3) is 0 Å². The summed E-state index contributed by atoms with van der Waals surface area (Å²) in [5, 5.41) is 0. The number of carbonyl (C=O) groups excluding carboxylic acids is 1. The number of fused-ring (bicyclic) bond motifs is 1. The zero-order valence-electron chi connectivity index (χ0n) is 13.9. The number of amides is 1. The van der Waals surface area contributed by atoms with Crippen molar-refractivity contribution in [1.29, 1.82) is 0 Å². The maximum Gasteiger partial charge on any atom is 0.223 e. The molecule has 0 aliphatic carbocycles. The smallest absolute Gasteiger partial charge is 0.223 e. The van der Waals surface area contributed by atoms with Gasteiger partial charge < -0.3 is 15.2 Å². The molecule has 4 nitrogen and oxygen atoms in total. The lowest BCUT2D eigenvalue weighted by Gasteiger charge is -2.36. The second kappa shape index (κ2) is 6.22. The fourth-order valence-corrected chi connectivity index (χ4v) is 3.27. The quantitative estimate of drug-likeness (QED) is 0.907. The minimum Gasteiger partial charge on any atom is -0.345 e. The van der Waals surface area contributed by atoms with E-state index in [-0.39, 0.29) is 17.4 Å². The molecular weight excluding hydrogens is 262 g/mol. The van der Waals surface area contributed by atoms with Gasteiger partial charge in [0.05, 0.1) is 6.04 Å². The zero-order valence-corrected chi connectivity index (χ0v) is 13.9. The molecule has 1 aromatic rings. The molecule has 0 aromatic carbocycles. The molecule has 0 fully saturated rings. The Balaban J connectivity index is 1.98. The number of hydrogen-bond acceptors (Lipinski definition) is 2. The number of aryl methyl sites for hydroxylation is 1. The summed E-state index contributed by atoms with van der Waals surface area (Å²) < 4.78 is 2.33. The van der Waals surface area contributed by atoms with Gasteiger partial charge in [-0.1, -0.05) is 13.8 Å². The van der Waals surface area contributed by atoms with E-state index in [1.807, 2.05) is 4.90 Å². The lowest BCUT2D eigenvalue weighted by molar-refractivity contribution is -0.135. The molecule has 1 atom stereocenters. The SMILES string of the molecule is Cc1ccc2n1CCN(C(=O)CCC(C)(C)CCN)C2C. The van der Waals surface area contributed by atoms with Gasteiger partial charge in [-0.2, -0.15) is 0 Å². The summed E-state index contributed by atoms with van der Waals surface area (Å²) in [6, 6.07) is 4.47. The maximum atomic E-state index is 12.6. The van der Waals surface area contributed by atoms with E-state index in [4.69, 9.17) is 5.73 Å². The summed E-state index contributed by atoms with van der Waals surface area (Å²) in [6.07, 6.45) is 2.50. The predicted octanol–water partition coefficient (Wildman–Crippen LogP) is 2.85. The van der Waals surface area contributed by atoms with Crippen molar-refractivity contribution in [3.05, 3.63) is 23.5 Å². The van der Waals surface area contributed by atoms with Gasteiger partial charge in [-0.05, 0) is 50.8 Å². The topological polar surface area (TPSA) is 51.3 Å². The minimum atomic E-state index is 0.153. The summed E-state index contributed by atoms with van der Waals surface area (Å²) in [5.74, 6) is 0.276. The molecule has 4 heteroatoms. The van der Waals surface area contributed by atoms with Gasteiger partial charge in [-0.3, -0.25) is 4.79 Å². The first-order valence-electron chi connectivity index (χ1n) is 8.01. The summed E-state index contributed by atoms with van der Waals surface area (Å²) >= 11 is 0. The molecule has 2 heterocycles. The first-order valence-corrected chi connectivity index (χ1v) is 8.01. The second-order valence-corrected chi connectivity index (χ2v) is 7.02. The lowest BCUT2D eigenvalue weighted by atomic mass is 9.84. The highest BCUT2D eigenvalue weighted by atomic mass is 16.2. The Kier molecular flexibility index (Phi) is 4.77. The van der Waals surface area contributed by atoms with Crippen LogP contribution in [0.4, 0.5) is 0 Å². The largest absolute Gasteiger partial charge is 0.345 e. The third kappa shape index (κ3) is 3.49. The monoisotopic (exact) mass is 291 g/mol. The van der Waals surface area contributed by atoms with Crippen LogP contribution in [0.2, 0.25) is 0 Å². The van der Waals surface area contributed by atoms with Crippen molar-refractivity contribution in [2.45, 2.75) is 59.5 Å². The van der Waals surface area contributed by atoms with E-state index in [1.165, 1.54) is 11.4 Å². The standard InChI is InChI=1S/C17H29N3O/c1-13-5-6-15-14(2)20(12-11-19(13)15)16(21)7-8-17(3,4)9-10-18/h5-6,14H,7-12,18H2,1-4H3. The van der Waals surface area contributed by atoms with E-state index >= 15 is 0 Å². The lowest BCUT2D eigenvalue weighted by Crippen LogP contribution is -2.41. The molecule has 0 radical (unpaired) electrons. The molecule has 2 N–H and O–H groups in total. The first kappa shape index (κ1) is 16.1. The summed E-state index contributed by atoms with van der Waals surface area (Å²) in [4.78, 5) is 14.6. The minimum absolute atomic E-state index is 0.153. The molecule has 0 bridgehead atoms. The zero-order chi connectivity index (χ0) is 15.6. The third-order valence-corrected chi connectivity index (χ3v) is 4.85. The molecule has 1 aliphatic heterocycles. The van der Waals surface area contributed by atoms with Crippen LogP contribution in [-0.2, 0) is 11.3 Å². The van der Waals surface area contributed by atoms with Crippen molar-refractivity contribution in [2.24, 2.45) is 11.1 Å². The van der Waals surface area contributed by atoms with Gasteiger partial charge in [0.1, 0.15) is 0 Å². The molecule has 118 valence electrons. The fourth-order valence-electron chi connectivity index (χ4n) is 3.27. The van der Waals surface area contributed by atoms with Crippen LogP contribution in [0.5, 0.6) is 0 Å². The molecule has 1 amide bonds. The van der Waals surface area contributed by atoms with Crippen molar-refractivity contribution in [1.82, 2.24) is 9.47 Å². The van der Waals surface area contributed by atoms with Crippen molar-refractivity contribution in [3.8, 4) is 0 Å². The maximum absolute atomic E-state index is 12.6. The Hall–Kier alpha value is -1.29. The molecular formula is C17H29N3O. The number of nitrogens with two attached hydrogens (primary N) is 1. The van der Waals surface area contributed by atoms with Crippen LogP contribution in [0.25, 0.3) is 0 Å². The first-order chi connectivity index (χ1) is 9.85. The van der Waals surface area contributed by atoms with Crippen LogP contribution in [-0.4, -0.2) is 28.5 Å². The molecule has 0 saturated heterocycles. The van der Waals surface area contributed by atoms with Crippen molar-refractivity contribution in [2.75, 3.05) is 13.1 Å². The molecule has 1 unspecified atom stereocenters. The molecule has 0 spiro atoms. The van der Waals surface area contributed by atoms with Gasteiger partial charge in [0, 0.05) is 30.9 Å². The highest BCUT2D eigenvalue weighted by Gasteiger charge is 2.29. The van der Waals surface area contributed by atoms with Crippen molar-refractivity contribution < 1.29 is 4.79 Å². The second-order valence-electron chi connectivity index (χ2n) is 7.02. The third-order valence-electron chi connectivity index (χ3n) is 4.85. The highest BCUT2D eigenvalue weighted by molar-refractivity contribution is 5.76. The van der Waals surface area contributed by atoms with E-state index in [0.717, 1.165) is 25.9 Å². The van der Waals surface area contributed by atoms with E-state index < -0.39 is 0 Å². The van der Waals surface area contributed by atoms with Crippen LogP contribution < -0.4 is 5.73 Å². The van der Waals surface area contributed by atoms with Crippen LogP contribution in [0.1, 0.15) is 57.5 Å². The molecule has 1 aliphatic rings. The molecule has 0 saturated carbocycles. The van der Waals surface area contributed by atoms with Crippen LogP contribution >= 0.6 is 0 Å². The van der Waals surface area contributed by atoms with Crippen molar-refractivity contribution >= 4 is 5.91 Å². The summed E-state index contributed by atoms with van der Waals surface area (Å²) in [7, 11) is 0. The van der Waals surface area contributed by atoms with Gasteiger partial charge in [-0.25, -0.2) is 0 Å². The van der Waals surface area contributed by atoms with Crippen molar-refractivity contribution in [3.63, 3.8) is 0 Å². The van der Waals surface area contributed by atoms with Crippen LogP contribution in [0, 0.1) is 12.3 Å². The van der Waals surface area contributed by atoms with Crippen LogP contribution in [0.3, 0.4) is 0 Å². The van der Waals surface area contributed by atoms with Gasteiger partial charge in [-0.15, -0.1) is 0 Å². The van der Waals surface area contributed by atoms with E-state index in [1.54, 1.807) is 0 Å². The summed E-state index contributed by atoms with van der Waals surface area (Å²) in [6.45, 7) is 11.1. The van der Waals surface area contributed by atoms with Gasteiger partial charge in [0.2, 0.25) is 5.91 Å². The van der Waals surface area contributed by atoms with Gasteiger partial charge in [0.15, 0.2) is 0 Å². The molecule has 21 heavy (non-hydrogen) atoms. The average molecular weight is 291 g/mol. The predicted molar refractivity (Wildman–Crippen MR) is 86.0 cm³/mol. The number of hydrogen-bond donors (Lipinski definition) is 1. The Labute approximate surface area is 128 Å². The number of rotatable bonds is 5. The Bertz CT molecular complexity index is 504. The van der Waals surface area contributed by atoms with Gasteiger partial charge >= 0.3 is 0 Å². The number of nitrogens with zero attached hydrogens (tertiary/aromatic N) is 2. The highest BCUT2D eigenvalue weighted by Crippen LogP contribution is 2.30. The fraction of sp³-hybridized carbons (Fsp3) is 0.706.